The Hall–Kier alpha value is -1.32. The summed E-state index contributed by atoms with van der Waals surface area (Å²) in [6.45, 7) is 1.74. The topological polar surface area (TPSA) is 17.1 Å². The molecule has 0 aromatic heterocycles. The van der Waals surface area contributed by atoms with Gasteiger partial charge in [-0.3, -0.25) is 4.79 Å². The molecule has 1 nitrogen and oxygen atoms in total. The summed E-state index contributed by atoms with van der Waals surface area (Å²) in [5.74, 6) is 0. The fraction of sp³-hybridized carbons (Fsp3) is 0.300. The van der Waals surface area contributed by atoms with E-state index >= 15 is 0 Å². The van der Waals surface area contributed by atoms with Crippen molar-refractivity contribution in [3.8, 4) is 0 Å². The summed E-state index contributed by atoms with van der Waals surface area (Å²) in [7, 11) is 0. The van der Waals surface area contributed by atoms with E-state index < -0.39 is 11.7 Å². The predicted molar refractivity (Wildman–Crippen MR) is 46.2 cm³/mol. The van der Waals surface area contributed by atoms with Crippen molar-refractivity contribution in [2.24, 2.45) is 0 Å². The van der Waals surface area contributed by atoms with Gasteiger partial charge in [0.15, 0.2) is 0 Å². The maximum Gasteiger partial charge on any atom is 0.416 e. The van der Waals surface area contributed by atoms with Crippen LogP contribution < -0.4 is 0 Å². The molecular formula is C10H9F3O. The van der Waals surface area contributed by atoms with E-state index in [1.165, 1.54) is 6.07 Å². The number of hydrogen-bond acceptors (Lipinski definition) is 1. The van der Waals surface area contributed by atoms with E-state index in [0.29, 0.717) is 18.3 Å². The molecule has 14 heavy (non-hydrogen) atoms. The van der Waals surface area contributed by atoms with Gasteiger partial charge < -0.3 is 0 Å². The average molecular weight is 202 g/mol. The Kier molecular flexibility index (Phi) is 2.93. The van der Waals surface area contributed by atoms with Crippen molar-refractivity contribution >= 4 is 6.29 Å². The quantitative estimate of drug-likeness (QED) is 0.673. The summed E-state index contributed by atoms with van der Waals surface area (Å²) in [6, 6.07) is 3.38. The Morgan fingerprint density at radius 1 is 1.29 bits per heavy atom. The molecule has 1 aromatic rings. The minimum atomic E-state index is -4.39. The summed E-state index contributed by atoms with van der Waals surface area (Å²) in [5, 5.41) is 0. The summed E-state index contributed by atoms with van der Waals surface area (Å²) >= 11 is 0. The fourth-order valence-corrected chi connectivity index (χ4v) is 1.15. The van der Waals surface area contributed by atoms with Gasteiger partial charge in [-0.05, 0) is 30.2 Å². The van der Waals surface area contributed by atoms with E-state index in [-0.39, 0.29) is 5.56 Å². The van der Waals surface area contributed by atoms with Crippen LogP contribution in [-0.4, -0.2) is 6.29 Å². The van der Waals surface area contributed by atoms with Crippen molar-refractivity contribution in [1.82, 2.24) is 0 Å². The summed E-state index contributed by atoms with van der Waals surface area (Å²) in [4.78, 5) is 10.4. The number of carbonyl (C=O) groups is 1. The van der Waals surface area contributed by atoms with Crippen molar-refractivity contribution in [3.05, 3.63) is 34.9 Å². The first-order valence-corrected chi connectivity index (χ1v) is 4.13. The summed E-state index contributed by atoms with van der Waals surface area (Å²) in [6.07, 6.45) is -3.48. The highest BCUT2D eigenvalue weighted by Gasteiger charge is 2.30. The van der Waals surface area contributed by atoms with Crippen molar-refractivity contribution < 1.29 is 18.0 Å². The second-order valence-corrected chi connectivity index (χ2v) is 2.93. The lowest BCUT2D eigenvalue weighted by molar-refractivity contribution is -0.137. The molecule has 0 atom stereocenters. The highest BCUT2D eigenvalue weighted by atomic mass is 19.4. The molecule has 0 heterocycles. The van der Waals surface area contributed by atoms with Crippen molar-refractivity contribution in [2.75, 3.05) is 0 Å². The van der Waals surface area contributed by atoms with Gasteiger partial charge in [-0.15, -0.1) is 0 Å². The molecular weight excluding hydrogens is 193 g/mol. The second kappa shape index (κ2) is 3.82. The summed E-state index contributed by atoms with van der Waals surface area (Å²) < 4.78 is 36.9. The largest absolute Gasteiger partial charge is 0.416 e. The Balaban J connectivity index is 3.24. The maximum absolute atomic E-state index is 12.3. The highest BCUT2D eigenvalue weighted by molar-refractivity contribution is 5.75. The molecule has 0 aliphatic heterocycles. The number of aryl methyl sites for hydroxylation is 1. The van der Waals surface area contributed by atoms with Crippen LogP contribution in [0.2, 0.25) is 0 Å². The number of carbonyl (C=O) groups excluding carboxylic acids is 1. The first-order chi connectivity index (χ1) is 6.47. The Morgan fingerprint density at radius 3 is 2.36 bits per heavy atom. The molecule has 0 saturated carbocycles. The average Bonchev–Trinajstić information content (AvgIpc) is 2.15. The van der Waals surface area contributed by atoms with Crippen LogP contribution in [0.25, 0.3) is 0 Å². The van der Waals surface area contributed by atoms with Gasteiger partial charge in [-0.25, -0.2) is 0 Å². The molecule has 4 heteroatoms. The smallest absolute Gasteiger partial charge is 0.298 e. The van der Waals surface area contributed by atoms with Crippen molar-refractivity contribution in [2.45, 2.75) is 19.5 Å². The minimum absolute atomic E-state index is 0.0664. The van der Waals surface area contributed by atoms with E-state index in [9.17, 15) is 18.0 Å². The van der Waals surface area contributed by atoms with E-state index in [1.54, 1.807) is 6.92 Å². The maximum atomic E-state index is 12.3. The molecule has 0 fully saturated rings. The van der Waals surface area contributed by atoms with Crippen LogP contribution in [0.15, 0.2) is 18.2 Å². The number of halogens is 3. The lowest BCUT2D eigenvalue weighted by Crippen LogP contribution is -2.06. The molecule has 0 amide bonds. The van der Waals surface area contributed by atoms with Gasteiger partial charge in [0.1, 0.15) is 6.29 Å². The number of hydrogen-bond donors (Lipinski definition) is 0. The van der Waals surface area contributed by atoms with Crippen molar-refractivity contribution in [3.63, 3.8) is 0 Å². The molecule has 0 saturated heterocycles. The predicted octanol–water partition coefficient (Wildman–Crippen LogP) is 3.08. The molecule has 0 N–H and O–H groups in total. The molecule has 0 unspecified atom stereocenters. The molecule has 1 rings (SSSR count). The zero-order chi connectivity index (χ0) is 10.8. The number of alkyl halides is 3. The van der Waals surface area contributed by atoms with Crippen LogP contribution in [0.1, 0.15) is 28.4 Å². The molecule has 0 aliphatic rings. The van der Waals surface area contributed by atoms with Crippen LogP contribution in [0, 0.1) is 0 Å². The lowest BCUT2D eigenvalue weighted by Gasteiger charge is -2.08. The third kappa shape index (κ3) is 2.34. The van der Waals surface area contributed by atoms with Gasteiger partial charge >= 0.3 is 6.18 Å². The van der Waals surface area contributed by atoms with E-state index in [4.69, 9.17) is 0 Å². The van der Waals surface area contributed by atoms with Crippen LogP contribution in [0.5, 0.6) is 0 Å². The lowest BCUT2D eigenvalue weighted by atomic mass is 10.0. The first-order valence-electron chi connectivity index (χ1n) is 4.13. The molecule has 0 spiro atoms. The van der Waals surface area contributed by atoms with Crippen LogP contribution in [-0.2, 0) is 12.6 Å². The van der Waals surface area contributed by atoms with Crippen molar-refractivity contribution in [1.29, 1.82) is 0 Å². The van der Waals surface area contributed by atoms with Gasteiger partial charge in [-0.2, -0.15) is 13.2 Å². The van der Waals surface area contributed by atoms with E-state index in [0.717, 1.165) is 12.1 Å². The van der Waals surface area contributed by atoms with Gasteiger partial charge in [0, 0.05) is 5.56 Å². The summed E-state index contributed by atoms with van der Waals surface area (Å²) in [5.41, 5.74) is -0.183. The molecule has 0 radical (unpaired) electrons. The van der Waals surface area contributed by atoms with Gasteiger partial charge in [0.2, 0.25) is 0 Å². The number of aldehydes is 1. The van der Waals surface area contributed by atoms with Crippen LogP contribution >= 0.6 is 0 Å². The third-order valence-corrected chi connectivity index (χ3v) is 1.89. The minimum Gasteiger partial charge on any atom is -0.298 e. The normalized spacial score (nSPS) is 11.4. The monoisotopic (exact) mass is 202 g/mol. The standard InChI is InChI=1S/C10H9F3O/c1-2-7-3-8(6-14)5-9(4-7)10(11,12)13/h3-6H,2H2,1H3. The highest BCUT2D eigenvalue weighted by Crippen LogP contribution is 2.30. The first kappa shape index (κ1) is 10.8. The SMILES string of the molecule is CCc1cc(C=O)cc(C(F)(F)F)c1. The van der Waals surface area contributed by atoms with Gasteiger partial charge in [0.05, 0.1) is 5.56 Å². The molecule has 76 valence electrons. The molecule has 0 bridgehead atoms. The Labute approximate surface area is 79.5 Å². The fourth-order valence-electron chi connectivity index (χ4n) is 1.15. The van der Waals surface area contributed by atoms with E-state index in [2.05, 4.69) is 0 Å². The molecule has 1 aromatic carbocycles. The van der Waals surface area contributed by atoms with Gasteiger partial charge in [-0.1, -0.05) is 6.92 Å². The Bertz CT molecular complexity index is 342. The zero-order valence-corrected chi connectivity index (χ0v) is 7.56. The number of benzene rings is 1. The zero-order valence-electron chi connectivity index (χ0n) is 7.56. The third-order valence-electron chi connectivity index (χ3n) is 1.89. The van der Waals surface area contributed by atoms with E-state index in [1.807, 2.05) is 0 Å². The van der Waals surface area contributed by atoms with Crippen LogP contribution in [0.4, 0.5) is 13.2 Å². The number of rotatable bonds is 2. The molecule has 0 aliphatic carbocycles. The Morgan fingerprint density at radius 2 is 1.93 bits per heavy atom. The van der Waals surface area contributed by atoms with Gasteiger partial charge in [0.25, 0.3) is 0 Å². The second-order valence-electron chi connectivity index (χ2n) is 2.93. The van der Waals surface area contributed by atoms with Crippen LogP contribution in [0.3, 0.4) is 0 Å².